The van der Waals surface area contributed by atoms with Gasteiger partial charge in [0.2, 0.25) is 0 Å². The molecule has 0 aliphatic heterocycles. The second kappa shape index (κ2) is 18.1. The van der Waals surface area contributed by atoms with Gasteiger partial charge in [0, 0.05) is 0 Å². The Balaban J connectivity index is 1.19. The Morgan fingerprint density at radius 3 is 1.34 bits per heavy atom. The normalized spacial score (nSPS) is 21.1. The maximum atomic E-state index is 9.39. The molecule has 10 rings (SSSR count). The maximum absolute atomic E-state index is 9.39. The first-order valence-corrected chi connectivity index (χ1v) is 40.5. The van der Waals surface area contributed by atoms with E-state index in [9.17, 15) is 17.0 Å². The number of rotatable bonds is 11. The molecule has 4 heteroatoms. The third-order valence-corrected chi connectivity index (χ3v) is 66.6. The SMILES string of the molecule is CCC[SiH](C)[Zr]([Cl])([Cl])([CH]1C(CC2CCCCCC2)=Cc2c(-c3ccc4ccccc4c3)cccc21)[CH]1C(CC2CCCCCC2)=Cc2c(-c3ccc4ccccc4c3)cccc21. The third kappa shape index (κ3) is 7.94. The summed E-state index contributed by atoms with van der Waals surface area (Å²) >= 11 is -5.15. The number of fused-ring (bicyclic) bond motifs is 4. The molecule has 0 amide bonds. The van der Waals surface area contributed by atoms with Gasteiger partial charge in [-0.1, -0.05) is 0 Å². The van der Waals surface area contributed by atoms with Crippen LogP contribution in [0.2, 0.25) is 12.6 Å². The summed E-state index contributed by atoms with van der Waals surface area (Å²) in [6.07, 6.45) is 24.9. The molecule has 6 aromatic carbocycles. The minimum atomic E-state index is -5.15. The fourth-order valence-electron chi connectivity index (χ4n) is 13.0. The van der Waals surface area contributed by atoms with Gasteiger partial charge in [0.15, 0.2) is 0 Å². The van der Waals surface area contributed by atoms with Crippen molar-refractivity contribution < 1.29 is 15.6 Å². The molecule has 2 saturated carbocycles. The van der Waals surface area contributed by atoms with Crippen molar-refractivity contribution in [1.82, 2.24) is 0 Å². The zero-order chi connectivity index (χ0) is 42.3. The van der Waals surface area contributed by atoms with E-state index in [0.29, 0.717) is 11.8 Å². The van der Waals surface area contributed by atoms with E-state index in [2.05, 4.69) is 147 Å². The number of hydrogen-bond acceptors (Lipinski definition) is 0. The van der Waals surface area contributed by atoms with E-state index in [0.717, 1.165) is 19.3 Å². The summed E-state index contributed by atoms with van der Waals surface area (Å²) in [5, 5.41) is 5.16. The Kier molecular flexibility index (Phi) is 12.5. The fraction of sp³-hybridized carbons (Fsp3) is 0.379. The van der Waals surface area contributed by atoms with Crippen molar-refractivity contribution in [1.29, 1.82) is 0 Å². The Morgan fingerprint density at radius 2 is 0.919 bits per heavy atom. The van der Waals surface area contributed by atoms with Crippen LogP contribution in [0.15, 0.2) is 132 Å². The first kappa shape index (κ1) is 42.9. The number of halogens is 2. The van der Waals surface area contributed by atoms with Crippen LogP contribution in [0.1, 0.15) is 133 Å². The second-order valence-corrected chi connectivity index (χ2v) is 61.4. The molecule has 62 heavy (non-hydrogen) atoms. The molecule has 0 saturated heterocycles. The van der Waals surface area contributed by atoms with Crippen LogP contribution in [-0.4, -0.2) is 5.92 Å². The molecular formula is C58H65Cl2SiZr. The van der Waals surface area contributed by atoms with Crippen molar-refractivity contribution in [2.75, 3.05) is 0 Å². The molecule has 4 aliphatic carbocycles. The second-order valence-electron chi connectivity index (χ2n) is 20.1. The molecule has 2 fully saturated rings. The van der Waals surface area contributed by atoms with Gasteiger partial charge in [-0.15, -0.1) is 0 Å². The molecular weight excluding hydrogens is 887 g/mol. The van der Waals surface area contributed by atoms with Crippen molar-refractivity contribution in [3.63, 3.8) is 0 Å². The number of hydrogen-bond donors (Lipinski definition) is 0. The summed E-state index contributed by atoms with van der Waals surface area (Å²) in [6.45, 7) is 5.02. The summed E-state index contributed by atoms with van der Waals surface area (Å²) in [7, 11) is 18.8. The average Bonchev–Trinajstić information content (AvgIpc) is 3.60. The van der Waals surface area contributed by atoms with Crippen LogP contribution in [0.3, 0.4) is 0 Å². The van der Waals surface area contributed by atoms with Crippen LogP contribution in [0.25, 0.3) is 56.0 Å². The van der Waals surface area contributed by atoms with E-state index in [1.807, 2.05) is 0 Å². The van der Waals surface area contributed by atoms with Crippen molar-refractivity contribution >= 4 is 56.6 Å². The van der Waals surface area contributed by atoms with E-state index in [4.69, 9.17) is 0 Å². The van der Waals surface area contributed by atoms with E-state index in [-0.39, 0.29) is 7.25 Å². The summed E-state index contributed by atoms with van der Waals surface area (Å²) < 4.78 is 0.230. The summed E-state index contributed by atoms with van der Waals surface area (Å²) in [5.74, 6) is -0.383. The van der Waals surface area contributed by atoms with E-state index < -0.39 is 21.5 Å². The zero-order valence-electron chi connectivity index (χ0n) is 37.2. The van der Waals surface area contributed by atoms with Crippen LogP contribution in [0.5, 0.6) is 0 Å². The zero-order valence-corrected chi connectivity index (χ0v) is 42.3. The molecule has 0 bridgehead atoms. The molecule has 0 aromatic heterocycles. The van der Waals surface area contributed by atoms with E-state index >= 15 is 0 Å². The van der Waals surface area contributed by atoms with Gasteiger partial charge in [-0.3, -0.25) is 0 Å². The van der Waals surface area contributed by atoms with Gasteiger partial charge in [-0.05, 0) is 0 Å². The molecule has 3 unspecified atom stereocenters. The van der Waals surface area contributed by atoms with E-state index in [1.54, 1.807) is 11.1 Å². The van der Waals surface area contributed by atoms with Crippen molar-refractivity contribution in [2.45, 2.75) is 123 Å². The Hall–Kier alpha value is -3.00. The molecule has 4 aliphatic rings. The fourth-order valence-corrected chi connectivity index (χ4v) is 54.3. The Morgan fingerprint density at radius 1 is 0.500 bits per heavy atom. The molecule has 319 valence electrons. The summed E-state index contributed by atoms with van der Waals surface area (Å²) in [6, 6.07) is 47.3. The first-order valence-electron chi connectivity index (χ1n) is 24.5. The molecule has 3 atom stereocenters. The Bertz CT molecular complexity index is 2480. The van der Waals surface area contributed by atoms with Crippen LogP contribution in [0, 0.1) is 11.8 Å². The van der Waals surface area contributed by atoms with Gasteiger partial charge in [0.1, 0.15) is 0 Å². The summed E-state index contributed by atoms with van der Waals surface area (Å²) in [4.78, 5) is 0. The van der Waals surface area contributed by atoms with Gasteiger partial charge in [-0.2, -0.15) is 0 Å². The average molecular weight is 952 g/mol. The van der Waals surface area contributed by atoms with E-state index in [1.165, 1.54) is 149 Å². The molecule has 6 aromatic rings. The summed E-state index contributed by atoms with van der Waals surface area (Å²) in [5.41, 5.74) is 14.1. The standard InChI is InChI=1S/2C27H27.C4H11Si.2ClH.Zr/c2*1-2-4-9-20(8-3-1)16-21-17-24-12-7-13-26(27(24)18-21)25-15-14-22-10-5-6-11-23(22)19-25;1-3-4-5-2;;;/h2*5-7,10-15,17-20H,1-4,8-9,16H2;5H,3-4H2,1-2H3;2*1H;/q;;;;;+2/p-2. The van der Waals surface area contributed by atoms with Gasteiger partial charge < -0.3 is 0 Å². The molecule has 0 heterocycles. The molecule has 0 spiro atoms. The van der Waals surface area contributed by atoms with Crippen LogP contribution >= 0.6 is 17.0 Å². The topological polar surface area (TPSA) is 0 Å². The monoisotopic (exact) mass is 949 g/mol. The predicted octanol–water partition coefficient (Wildman–Crippen LogP) is 18.4. The minimum absolute atomic E-state index is 0.115. The quantitative estimate of drug-likeness (QED) is 0.0897. The first-order chi connectivity index (χ1) is 30.3. The van der Waals surface area contributed by atoms with Gasteiger partial charge in [-0.25, -0.2) is 0 Å². The van der Waals surface area contributed by atoms with Gasteiger partial charge in [0.05, 0.1) is 0 Å². The number of allylic oxidation sites excluding steroid dienone is 2. The molecule has 0 radical (unpaired) electrons. The molecule has 0 N–H and O–H groups in total. The van der Waals surface area contributed by atoms with Crippen molar-refractivity contribution in [3.05, 3.63) is 155 Å². The Labute approximate surface area is 381 Å². The van der Waals surface area contributed by atoms with Crippen molar-refractivity contribution in [3.8, 4) is 22.3 Å². The predicted molar refractivity (Wildman–Crippen MR) is 272 cm³/mol. The van der Waals surface area contributed by atoms with Crippen LogP contribution in [-0.2, 0) is 15.6 Å². The van der Waals surface area contributed by atoms with Crippen LogP contribution in [0.4, 0.5) is 0 Å². The van der Waals surface area contributed by atoms with Crippen molar-refractivity contribution in [2.24, 2.45) is 11.8 Å². The third-order valence-electron chi connectivity index (χ3n) is 16.2. The molecule has 0 nitrogen and oxygen atoms in total. The van der Waals surface area contributed by atoms with Gasteiger partial charge >= 0.3 is 384 Å². The van der Waals surface area contributed by atoms with Crippen LogP contribution < -0.4 is 0 Å². The number of benzene rings is 6. The van der Waals surface area contributed by atoms with Gasteiger partial charge in [0.25, 0.3) is 0 Å².